The van der Waals surface area contributed by atoms with Crippen molar-refractivity contribution in [2.75, 3.05) is 7.11 Å². The van der Waals surface area contributed by atoms with Gasteiger partial charge < -0.3 is 10.1 Å². The summed E-state index contributed by atoms with van der Waals surface area (Å²) in [6.45, 7) is 5.87. The van der Waals surface area contributed by atoms with Gasteiger partial charge in [0.25, 0.3) is 0 Å². The molecule has 0 heterocycles. The Morgan fingerprint density at radius 2 is 1.63 bits per heavy atom. The third-order valence-corrected chi connectivity index (χ3v) is 3.37. The molecule has 0 aliphatic rings. The third-order valence-electron chi connectivity index (χ3n) is 3.37. The summed E-state index contributed by atoms with van der Waals surface area (Å²) in [4.78, 5) is 0. The Labute approximate surface area is 114 Å². The van der Waals surface area contributed by atoms with Gasteiger partial charge in [-0.3, -0.25) is 0 Å². The molecule has 2 nitrogen and oxygen atoms in total. The van der Waals surface area contributed by atoms with E-state index in [-0.39, 0.29) is 0 Å². The largest absolute Gasteiger partial charge is 0.496 e. The van der Waals surface area contributed by atoms with E-state index in [0.29, 0.717) is 5.71 Å². The summed E-state index contributed by atoms with van der Waals surface area (Å²) in [5, 5.41) is 7.89. The number of rotatable bonds is 3. The number of aryl methyl sites for hydroxylation is 1. The summed E-state index contributed by atoms with van der Waals surface area (Å²) in [7, 11) is 1.67. The Kier molecular flexibility index (Phi) is 3.70. The van der Waals surface area contributed by atoms with Gasteiger partial charge in [0.2, 0.25) is 0 Å². The molecular weight excluding hydrogens is 234 g/mol. The molecule has 2 heteroatoms. The van der Waals surface area contributed by atoms with E-state index in [1.807, 2.05) is 13.0 Å². The molecule has 0 saturated heterocycles. The van der Waals surface area contributed by atoms with Crippen LogP contribution in [0, 0.1) is 19.3 Å². The van der Waals surface area contributed by atoms with Crippen molar-refractivity contribution in [3.63, 3.8) is 0 Å². The second-order valence-corrected chi connectivity index (χ2v) is 4.84. The van der Waals surface area contributed by atoms with Crippen LogP contribution in [-0.2, 0) is 0 Å². The van der Waals surface area contributed by atoms with Gasteiger partial charge in [0.05, 0.1) is 7.11 Å². The Morgan fingerprint density at radius 1 is 1.00 bits per heavy atom. The maximum absolute atomic E-state index is 7.89. The van der Waals surface area contributed by atoms with Crippen LogP contribution >= 0.6 is 0 Å². The lowest BCUT2D eigenvalue weighted by molar-refractivity contribution is 0.412. The smallest absolute Gasteiger partial charge is 0.123 e. The number of hydrogen-bond acceptors (Lipinski definition) is 2. The molecule has 2 rings (SSSR count). The first kappa shape index (κ1) is 13.3. The first-order valence-electron chi connectivity index (χ1n) is 6.34. The zero-order chi connectivity index (χ0) is 14.0. The lowest BCUT2D eigenvalue weighted by atomic mass is 9.96. The fourth-order valence-corrected chi connectivity index (χ4v) is 2.20. The minimum atomic E-state index is 0.560. The van der Waals surface area contributed by atoms with E-state index >= 15 is 0 Å². The molecule has 0 unspecified atom stereocenters. The Hall–Kier alpha value is -2.09. The number of methoxy groups -OCH3 is 1. The fraction of sp³-hybridized carbons (Fsp3) is 0.235. The van der Waals surface area contributed by atoms with E-state index in [4.69, 9.17) is 10.1 Å². The molecule has 0 aliphatic heterocycles. The molecular formula is C17H19NO. The van der Waals surface area contributed by atoms with Crippen LogP contribution < -0.4 is 4.74 Å². The Balaban J connectivity index is 2.61. The van der Waals surface area contributed by atoms with Crippen molar-refractivity contribution in [1.82, 2.24) is 0 Å². The highest BCUT2D eigenvalue weighted by atomic mass is 16.5. The first-order valence-corrected chi connectivity index (χ1v) is 6.34. The van der Waals surface area contributed by atoms with Crippen LogP contribution in [0.3, 0.4) is 0 Å². The van der Waals surface area contributed by atoms with Gasteiger partial charge in [-0.15, -0.1) is 0 Å². The summed E-state index contributed by atoms with van der Waals surface area (Å²) in [6.07, 6.45) is 0. The molecule has 0 saturated carbocycles. The van der Waals surface area contributed by atoms with E-state index in [9.17, 15) is 0 Å². The van der Waals surface area contributed by atoms with E-state index in [1.165, 1.54) is 5.56 Å². The lowest BCUT2D eigenvalue weighted by Gasteiger charge is -2.13. The number of ether oxygens (including phenoxy) is 1. The van der Waals surface area contributed by atoms with Crippen molar-refractivity contribution < 1.29 is 4.74 Å². The molecule has 0 aliphatic carbocycles. The van der Waals surface area contributed by atoms with Gasteiger partial charge in [0, 0.05) is 16.8 Å². The van der Waals surface area contributed by atoms with Gasteiger partial charge in [-0.25, -0.2) is 0 Å². The van der Waals surface area contributed by atoms with Gasteiger partial charge in [-0.2, -0.15) is 0 Å². The van der Waals surface area contributed by atoms with Crippen molar-refractivity contribution in [3.8, 4) is 16.9 Å². The highest BCUT2D eigenvalue weighted by Crippen LogP contribution is 2.30. The molecule has 1 N–H and O–H groups in total. The van der Waals surface area contributed by atoms with Crippen LogP contribution in [0.5, 0.6) is 5.75 Å². The van der Waals surface area contributed by atoms with Crippen LogP contribution in [0.1, 0.15) is 23.6 Å². The molecule has 0 spiro atoms. The summed E-state index contributed by atoms with van der Waals surface area (Å²) >= 11 is 0. The Morgan fingerprint density at radius 3 is 2.16 bits per heavy atom. The van der Waals surface area contributed by atoms with Crippen LogP contribution in [0.25, 0.3) is 11.1 Å². The summed E-state index contributed by atoms with van der Waals surface area (Å²) < 4.78 is 5.43. The average Bonchev–Trinajstić information content (AvgIpc) is 2.39. The maximum atomic E-state index is 7.89. The maximum Gasteiger partial charge on any atom is 0.123 e. The highest BCUT2D eigenvalue weighted by Gasteiger charge is 2.10. The predicted molar refractivity (Wildman–Crippen MR) is 80.4 cm³/mol. The van der Waals surface area contributed by atoms with Gasteiger partial charge in [0.15, 0.2) is 0 Å². The molecule has 19 heavy (non-hydrogen) atoms. The summed E-state index contributed by atoms with van der Waals surface area (Å²) in [5.74, 6) is 0.833. The number of benzene rings is 2. The quantitative estimate of drug-likeness (QED) is 0.810. The van der Waals surface area contributed by atoms with Crippen LogP contribution in [0.2, 0.25) is 0 Å². The van der Waals surface area contributed by atoms with E-state index < -0.39 is 0 Å². The van der Waals surface area contributed by atoms with Crippen molar-refractivity contribution in [2.45, 2.75) is 20.8 Å². The molecule has 0 amide bonds. The fourth-order valence-electron chi connectivity index (χ4n) is 2.20. The predicted octanol–water partition coefficient (Wildman–Crippen LogP) is 4.37. The minimum absolute atomic E-state index is 0.560. The van der Waals surface area contributed by atoms with Crippen LogP contribution in [-0.4, -0.2) is 12.8 Å². The monoisotopic (exact) mass is 253 g/mol. The SMILES string of the molecule is COc1cc(-c2ccc(C)cc2)cc(C(C)=N)c1C. The summed E-state index contributed by atoms with van der Waals surface area (Å²) in [6, 6.07) is 12.5. The zero-order valence-corrected chi connectivity index (χ0v) is 11.9. The van der Waals surface area contributed by atoms with E-state index in [2.05, 4.69) is 37.3 Å². The normalized spacial score (nSPS) is 10.3. The van der Waals surface area contributed by atoms with Crippen LogP contribution in [0.15, 0.2) is 36.4 Å². The average molecular weight is 253 g/mol. The first-order chi connectivity index (χ1) is 9.02. The van der Waals surface area contributed by atoms with Gasteiger partial charge >= 0.3 is 0 Å². The van der Waals surface area contributed by atoms with Crippen molar-refractivity contribution in [3.05, 3.63) is 53.1 Å². The standard InChI is InChI=1S/C17H19NO/c1-11-5-7-14(8-6-11)15-9-16(13(3)18)12(2)17(10-15)19-4/h5-10,18H,1-4H3. The molecule has 0 fully saturated rings. The molecule has 0 radical (unpaired) electrons. The molecule has 0 atom stereocenters. The molecule has 2 aromatic carbocycles. The number of hydrogen-bond donors (Lipinski definition) is 1. The van der Waals surface area contributed by atoms with Gasteiger partial charge in [-0.1, -0.05) is 29.8 Å². The third kappa shape index (κ3) is 2.68. The zero-order valence-electron chi connectivity index (χ0n) is 11.9. The van der Waals surface area contributed by atoms with Gasteiger partial charge in [0.1, 0.15) is 5.75 Å². The van der Waals surface area contributed by atoms with Crippen LogP contribution in [0.4, 0.5) is 0 Å². The summed E-state index contributed by atoms with van der Waals surface area (Å²) in [5.41, 5.74) is 5.99. The second-order valence-electron chi connectivity index (χ2n) is 4.84. The molecule has 0 bridgehead atoms. The molecule has 0 aromatic heterocycles. The van der Waals surface area contributed by atoms with E-state index in [0.717, 1.165) is 28.0 Å². The molecule has 98 valence electrons. The lowest BCUT2D eigenvalue weighted by Crippen LogP contribution is -2.00. The molecule has 2 aromatic rings. The Bertz CT molecular complexity index is 612. The van der Waals surface area contributed by atoms with Crippen molar-refractivity contribution >= 4 is 5.71 Å². The number of nitrogens with one attached hydrogen (secondary N) is 1. The van der Waals surface area contributed by atoms with Crippen molar-refractivity contribution in [1.29, 1.82) is 5.41 Å². The van der Waals surface area contributed by atoms with Gasteiger partial charge in [-0.05, 0) is 44.0 Å². The minimum Gasteiger partial charge on any atom is -0.496 e. The highest BCUT2D eigenvalue weighted by molar-refractivity contribution is 5.99. The van der Waals surface area contributed by atoms with E-state index in [1.54, 1.807) is 14.0 Å². The topological polar surface area (TPSA) is 33.1 Å². The second kappa shape index (κ2) is 5.27. The van der Waals surface area contributed by atoms with Crippen molar-refractivity contribution in [2.24, 2.45) is 0 Å².